The Balaban J connectivity index is 1.22. The van der Waals surface area contributed by atoms with Crippen LogP contribution in [-0.4, -0.2) is 54.7 Å². The van der Waals surface area contributed by atoms with Crippen LogP contribution in [0.3, 0.4) is 0 Å². The number of fused-ring (bicyclic) bond motifs is 1. The number of hydrogen-bond donors (Lipinski definition) is 2. The maximum absolute atomic E-state index is 13.5. The van der Waals surface area contributed by atoms with Crippen LogP contribution in [-0.2, 0) is 0 Å². The molecule has 182 valence electrons. The highest BCUT2D eigenvalue weighted by molar-refractivity contribution is 6.03. The summed E-state index contributed by atoms with van der Waals surface area (Å²) < 4.78 is 0. The van der Waals surface area contributed by atoms with Crippen molar-refractivity contribution in [1.29, 1.82) is 0 Å². The summed E-state index contributed by atoms with van der Waals surface area (Å²) in [6.45, 7) is 3.18. The van der Waals surface area contributed by atoms with E-state index >= 15 is 0 Å². The molecule has 0 radical (unpaired) electrons. The normalized spacial score (nSPS) is 18.6. The number of piperazine rings is 1. The van der Waals surface area contributed by atoms with Crippen LogP contribution in [0.15, 0.2) is 58.1 Å². The first-order valence-electron chi connectivity index (χ1n) is 12.4. The van der Waals surface area contributed by atoms with Crippen molar-refractivity contribution in [2.75, 3.05) is 42.5 Å². The van der Waals surface area contributed by atoms with E-state index in [1.165, 1.54) is 0 Å². The van der Waals surface area contributed by atoms with E-state index in [4.69, 9.17) is 0 Å². The first kappa shape index (κ1) is 22.4. The fraction of sp³-hybridized carbons (Fsp3) is 0.286. The molecule has 2 aliphatic heterocycles. The van der Waals surface area contributed by atoms with Gasteiger partial charge in [0.2, 0.25) is 0 Å². The van der Waals surface area contributed by atoms with E-state index in [0.29, 0.717) is 36.6 Å². The van der Waals surface area contributed by atoms with E-state index in [2.05, 4.69) is 15.5 Å². The monoisotopic (exact) mass is 481 g/mol. The van der Waals surface area contributed by atoms with Crippen molar-refractivity contribution in [3.8, 4) is 0 Å². The number of aromatic amines is 1. The molecule has 4 aromatic rings. The Hall–Kier alpha value is -4.04. The number of aromatic nitrogens is 2. The van der Waals surface area contributed by atoms with Gasteiger partial charge in [0.15, 0.2) is 5.78 Å². The second-order valence-corrected chi connectivity index (χ2v) is 9.44. The van der Waals surface area contributed by atoms with Crippen LogP contribution in [0.4, 0.5) is 11.4 Å². The fourth-order valence-corrected chi connectivity index (χ4v) is 5.31. The third kappa shape index (κ3) is 3.83. The molecule has 1 aromatic heterocycles. The van der Waals surface area contributed by atoms with Gasteiger partial charge in [-0.15, -0.1) is 0 Å². The van der Waals surface area contributed by atoms with E-state index in [1.807, 2.05) is 70.5 Å². The van der Waals surface area contributed by atoms with Gasteiger partial charge in [-0.05, 0) is 30.5 Å². The van der Waals surface area contributed by atoms with Crippen LogP contribution in [0, 0.1) is 0 Å². The fourth-order valence-electron chi connectivity index (χ4n) is 5.31. The number of rotatable bonds is 6. The molecule has 3 heterocycles. The molecule has 36 heavy (non-hydrogen) atoms. The lowest BCUT2D eigenvalue weighted by atomic mass is 9.98. The lowest BCUT2D eigenvalue weighted by Gasteiger charge is -2.39. The van der Waals surface area contributed by atoms with Crippen LogP contribution in [0.25, 0.3) is 23.1 Å². The summed E-state index contributed by atoms with van der Waals surface area (Å²) in [5, 5.41) is 11.7. The first-order chi connectivity index (χ1) is 17.6. The van der Waals surface area contributed by atoms with Gasteiger partial charge in [0.1, 0.15) is 17.4 Å². The van der Waals surface area contributed by atoms with E-state index < -0.39 is 16.9 Å². The number of Topliss-reactive ketones (excluding diaryl/α,β-unsaturated/α-hetero) is 1. The molecule has 6 rings (SSSR count). The number of carbonyl (C=O) groups is 1. The molecule has 2 fully saturated rings. The van der Waals surface area contributed by atoms with Gasteiger partial charge < -0.3 is 15.1 Å². The third-order valence-electron chi connectivity index (χ3n) is 7.24. The van der Waals surface area contributed by atoms with E-state index in [1.54, 1.807) is 0 Å². The number of para-hydroxylation sites is 1. The number of anilines is 2. The van der Waals surface area contributed by atoms with Gasteiger partial charge in [-0.25, -0.2) is 0 Å². The quantitative estimate of drug-likeness (QED) is 0.323. The number of carbonyl (C=O) groups excluding carboxylic acids is 1. The Bertz CT molecular complexity index is 1520. The first-order valence-corrected chi connectivity index (χ1v) is 12.4. The molecule has 3 aromatic carbocycles. The van der Waals surface area contributed by atoms with Crippen molar-refractivity contribution in [2.45, 2.75) is 18.9 Å². The van der Waals surface area contributed by atoms with E-state index in [9.17, 15) is 14.4 Å². The summed E-state index contributed by atoms with van der Waals surface area (Å²) in [5.41, 5.74) is 3.42. The zero-order valence-corrected chi connectivity index (χ0v) is 19.9. The Morgan fingerprint density at radius 3 is 2.47 bits per heavy atom. The highest BCUT2D eigenvalue weighted by Crippen LogP contribution is 2.30. The predicted octanol–water partition coefficient (Wildman–Crippen LogP) is 2.59. The minimum atomic E-state index is -0.528. The standard InChI is InChI=1S/C28H27N5O3/c34-26(19-10-7-18(8-11-19)9-12-22-20-5-1-2-6-21(20)30-31-22)23-17-29-13-16-33(23)25-24(27(35)28(25)36)32-14-3-4-15-32/h1-2,5-12,23,29H,3-4,13-17H2,(H,30,31)/b12-9+. The number of benzene rings is 2. The summed E-state index contributed by atoms with van der Waals surface area (Å²) in [6.07, 6.45) is 5.95. The maximum Gasteiger partial charge on any atom is 0.253 e. The van der Waals surface area contributed by atoms with E-state index in [0.717, 1.165) is 48.1 Å². The second-order valence-electron chi connectivity index (χ2n) is 9.44. The largest absolute Gasteiger partial charge is 0.366 e. The molecule has 0 saturated carbocycles. The molecule has 2 aliphatic rings. The summed E-state index contributed by atoms with van der Waals surface area (Å²) >= 11 is 0. The number of hydrogen-bond acceptors (Lipinski definition) is 7. The lowest BCUT2D eigenvalue weighted by Crippen LogP contribution is -2.59. The Labute approximate surface area is 207 Å². The Morgan fingerprint density at radius 2 is 1.67 bits per heavy atom. The number of nitrogens with zero attached hydrogens (tertiary/aromatic N) is 3. The third-order valence-corrected chi connectivity index (χ3v) is 7.24. The Morgan fingerprint density at radius 1 is 0.917 bits per heavy atom. The van der Waals surface area contributed by atoms with Crippen LogP contribution < -0.4 is 26.0 Å². The van der Waals surface area contributed by atoms with Crippen molar-refractivity contribution in [2.24, 2.45) is 0 Å². The number of H-pyrrole nitrogens is 1. The summed E-state index contributed by atoms with van der Waals surface area (Å²) in [4.78, 5) is 42.4. The molecule has 2 N–H and O–H groups in total. The van der Waals surface area contributed by atoms with Crippen molar-refractivity contribution in [1.82, 2.24) is 15.5 Å². The topological polar surface area (TPSA) is 98.4 Å². The molecule has 0 aliphatic carbocycles. The lowest BCUT2D eigenvalue weighted by molar-refractivity contribution is 0.0950. The van der Waals surface area contributed by atoms with Gasteiger partial charge in [0.25, 0.3) is 10.9 Å². The van der Waals surface area contributed by atoms with Crippen molar-refractivity contribution in [3.63, 3.8) is 0 Å². The average molecular weight is 482 g/mol. The van der Waals surface area contributed by atoms with Crippen LogP contribution in [0.5, 0.6) is 0 Å². The molecule has 1 atom stereocenters. The molecule has 0 amide bonds. The minimum Gasteiger partial charge on any atom is -0.366 e. The van der Waals surface area contributed by atoms with Crippen molar-refractivity contribution >= 4 is 40.2 Å². The van der Waals surface area contributed by atoms with Gasteiger partial charge in [0.05, 0.1) is 11.2 Å². The van der Waals surface area contributed by atoms with Gasteiger partial charge in [-0.2, -0.15) is 5.10 Å². The molecule has 2 saturated heterocycles. The smallest absolute Gasteiger partial charge is 0.253 e. The summed E-state index contributed by atoms with van der Waals surface area (Å²) in [7, 11) is 0. The average Bonchev–Trinajstić information content (AvgIpc) is 3.60. The zero-order valence-electron chi connectivity index (χ0n) is 19.9. The molecule has 0 spiro atoms. The molecule has 8 heteroatoms. The molecule has 8 nitrogen and oxygen atoms in total. The summed E-state index contributed by atoms with van der Waals surface area (Å²) in [5.74, 6) is -0.0588. The minimum absolute atomic E-state index is 0.0588. The predicted molar refractivity (Wildman–Crippen MR) is 143 cm³/mol. The van der Waals surface area contributed by atoms with E-state index in [-0.39, 0.29) is 5.78 Å². The second kappa shape index (κ2) is 9.20. The molecule has 0 bridgehead atoms. The highest BCUT2D eigenvalue weighted by atomic mass is 16.2. The Kier molecular flexibility index (Phi) is 5.73. The molecular formula is C28H27N5O3. The van der Waals surface area contributed by atoms with Gasteiger partial charge >= 0.3 is 0 Å². The van der Waals surface area contributed by atoms with Gasteiger partial charge in [-0.3, -0.25) is 19.5 Å². The molecule has 1 unspecified atom stereocenters. The number of ketones is 1. The maximum atomic E-state index is 13.5. The molecular weight excluding hydrogens is 454 g/mol. The number of nitrogens with one attached hydrogen (secondary N) is 2. The van der Waals surface area contributed by atoms with Crippen LogP contribution in [0.2, 0.25) is 0 Å². The highest BCUT2D eigenvalue weighted by Gasteiger charge is 2.38. The van der Waals surface area contributed by atoms with Crippen LogP contribution >= 0.6 is 0 Å². The van der Waals surface area contributed by atoms with Crippen LogP contribution in [0.1, 0.15) is 34.5 Å². The van der Waals surface area contributed by atoms with Gasteiger partial charge in [0, 0.05) is 43.7 Å². The SMILES string of the molecule is O=C(c1ccc(/C=C/c2n[nH]c3ccccc23)cc1)C1CNCCN1c1c(N2CCCC2)c(=O)c1=O. The van der Waals surface area contributed by atoms with Gasteiger partial charge in [-0.1, -0.05) is 48.5 Å². The zero-order chi connectivity index (χ0) is 24.6. The van der Waals surface area contributed by atoms with Crippen molar-refractivity contribution in [3.05, 3.63) is 85.8 Å². The summed E-state index contributed by atoms with van der Waals surface area (Å²) in [6, 6.07) is 14.9. The van der Waals surface area contributed by atoms with Crippen molar-refractivity contribution < 1.29 is 4.79 Å².